The van der Waals surface area contributed by atoms with Crippen molar-refractivity contribution in [3.05, 3.63) is 0 Å². The average molecular weight is 264 g/mol. The normalized spacial score (nSPS) is 44.2. The molecule has 2 aliphatic carbocycles. The molecule has 1 aliphatic heterocycles. The van der Waals surface area contributed by atoms with Crippen LogP contribution in [-0.2, 0) is 0 Å². The lowest BCUT2D eigenvalue weighted by molar-refractivity contribution is 0.0728. The summed E-state index contributed by atoms with van der Waals surface area (Å²) >= 11 is 0. The van der Waals surface area contributed by atoms with Crippen LogP contribution in [0.5, 0.6) is 0 Å². The Labute approximate surface area is 119 Å². The van der Waals surface area contributed by atoms with Gasteiger partial charge >= 0.3 is 0 Å². The number of likely N-dealkylation sites (tertiary alicyclic amines) is 1. The summed E-state index contributed by atoms with van der Waals surface area (Å²) in [6.45, 7) is 5.98. The minimum atomic E-state index is 0.457. The molecule has 3 aliphatic rings. The molecular formula is C17H32N2. The van der Waals surface area contributed by atoms with Gasteiger partial charge in [-0.05, 0) is 62.4 Å². The van der Waals surface area contributed by atoms with Gasteiger partial charge in [-0.1, -0.05) is 32.6 Å². The van der Waals surface area contributed by atoms with Gasteiger partial charge in [-0.3, -0.25) is 4.90 Å². The standard InChI is InChI=1S/C17H32N2/c1-14-6-9-17(12-18,10-7-14)13-19-11-8-15-4-2-3-5-16(15)19/h14-16H,2-13,18H2,1H3. The van der Waals surface area contributed by atoms with Crippen molar-refractivity contribution in [3.63, 3.8) is 0 Å². The van der Waals surface area contributed by atoms with E-state index in [0.29, 0.717) is 5.41 Å². The average Bonchev–Trinajstić information content (AvgIpc) is 2.85. The van der Waals surface area contributed by atoms with Gasteiger partial charge in [0, 0.05) is 12.6 Å². The first-order valence-corrected chi connectivity index (χ1v) is 8.67. The van der Waals surface area contributed by atoms with Crippen LogP contribution in [0.3, 0.4) is 0 Å². The van der Waals surface area contributed by atoms with Crippen LogP contribution < -0.4 is 5.73 Å². The number of nitrogens with two attached hydrogens (primary N) is 1. The van der Waals surface area contributed by atoms with Gasteiger partial charge in [0.15, 0.2) is 0 Å². The maximum absolute atomic E-state index is 6.20. The van der Waals surface area contributed by atoms with Crippen LogP contribution in [-0.4, -0.2) is 30.6 Å². The van der Waals surface area contributed by atoms with Gasteiger partial charge in [-0.15, -0.1) is 0 Å². The Morgan fingerprint density at radius 3 is 2.53 bits per heavy atom. The maximum Gasteiger partial charge on any atom is 0.0124 e. The Bertz CT molecular complexity index is 294. The molecule has 0 aromatic heterocycles. The Balaban J connectivity index is 1.63. The molecule has 0 spiro atoms. The minimum Gasteiger partial charge on any atom is -0.330 e. The summed E-state index contributed by atoms with van der Waals surface area (Å²) in [6.07, 6.45) is 12.9. The molecule has 19 heavy (non-hydrogen) atoms. The number of nitrogens with zero attached hydrogens (tertiary/aromatic N) is 1. The monoisotopic (exact) mass is 264 g/mol. The second kappa shape index (κ2) is 5.73. The van der Waals surface area contributed by atoms with Gasteiger partial charge < -0.3 is 5.73 Å². The lowest BCUT2D eigenvalue weighted by Crippen LogP contribution is -2.47. The fourth-order valence-corrected chi connectivity index (χ4v) is 4.93. The van der Waals surface area contributed by atoms with Gasteiger partial charge in [0.1, 0.15) is 0 Å². The van der Waals surface area contributed by atoms with Crippen molar-refractivity contribution >= 4 is 0 Å². The number of fused-ring (bicyclic) bond motifs is 1. The molecule has 0 aromatic rings. The van der Waals surface area contributed by atoms with E-state index >= 15 is 0 Å². The molecule has 0 amide bonds. The molecular weight excluding hydrogens is 232 g/mol. The third-order valence-corrected chi connectivity index (χ3v) is 6.43. The Kier molecular flexibility index (Phi) is 4.19. The summed E-state index contributed by atoms with van der Waals surface area (Å²) in [5, 5.41) is 0. The van der Waals surface area contributed by atoms with E-state index in [4.69, 9.17) is 5.73 Å². The highest BCUT2D eigenvalue weighted by Crippen LogP contribution is 2.42. The highest BCUT2D eigenvalue weighted by molar-refractivity contribution is 4.95. The summed E-state index contributed by atoms with van der Waals surface area (Å²) < 4.78 is 0. The summed E-state index contributed by atoms with van der Waals surface area (Å²) in [5.41, 5.74) is 6.66. The first kappa shape index (κ1) is 13.9. The van der Waals surface area contributed by atoms with Gasteiger partial charge in [-0.25, -0.2) is 0 Å². The molecule has 3 rings (SSSR count). The smallest absolute Gasteiger partial charge is 0.0124 e. The number of hydrogen-bond donors (Lipinski definition) is 1. The molecule has 0 radical (unpaired) electrons. The van der Waals surface area contributed by atoms with Gasteiger partial charge in [0.25, 0.3) is 0 Å². The summed E-state index contributed by atoms with van der Waals surface area (Å²) in [6, 6.07) is 0.913. The molecule has 3 fully saturated rings. The Morgan fingerprint density at radius 2 is 1.79 bits per heavy atom. The molecule has 0 bridgehead atoms. The molecule has 0 aromatic carbocycles. The van der Waals surface area contributed by atoms with Gasteiger partial charge in [-0.2, -0.15) is 0 Å². The third kappa shape index (κ3) is 2.85. The molecule has 2 heteroatoms. The minimum absolute atomic E-state index is 0.457. The largest absolute Gasteiger partial charge is 0.330 e. The van der Waals surface area contributed by atoms with Crippen molar-refractivity contribution < 1.29 is 0 Å². The summed E-state index contributed by atoms with van der Waals surface area (Å²) in [7, 11) is 0. The third-order valence-electron chi connectivity index (χ3n) is 6.43. The van der Waals surface area contributed by atoms with E-state index in [1.807, 2.05) is 0 Å². The fourth-order valence-electron chi connectivity index (χ4n) is 4.93. The van der Waals surface area contributed by atoms with E-state index in [2.05, 4.69) is 11.8 Å². The van der Waals surface area contributed by atoms with Crippen molar-refractivity contribution in [1.82, 2.24) is 4.90 Å². The van der Waals surface area contributed by atoms with Crippen LogP contribution in [0.1, 0.15) is 64.7 Å². The summed E-state index contributed by atoms with van der Waals surface area (Å²) in [4.78, 5) is 2.84. The van der Waals surface area contributed by atoms with Crippen LogP contribution in [0, 0.1) is 17.3 Å². The predicted molar refractivity (Wildman–Crippen MR) is 81.1 cm³/mol. The lowest BCUT2D eigenvalue weighted by Gasteiger charge is -2.43. The zero-order valence-electron chi connectivity index (χ0n) is 12.7. The molecule has 1 heterocycles. The molecule has 2 unspecified atom stereocenters. The van der Waals surface area contributed by atoms with Crippen LogP contribution in [0.2, 0.25) is 0 Å². The molecule has 2 atom stereocenters. The number of rotatable bonds is 3. The second-order valence-electron chi connectivity index (χ2n) is 7.76. The predicted octanol–water partition coefficient (Wildman–Crippen LogP) is 3.41. The van der Waals surface area contributed by atoms with E-state index in [9.17, 15) is 0 Å². The van der Waals surface area contributed by atoms with Crippen molar-refractivity contribution in [1.29, 1.82) is 0 Å². The molecule has 2 nitrogen and oxygen atoms in total. The molecule has 110 valence electrons. The Hall–Kier alpha value is -0.0800. The van der Waals surface area contributed by atoms with E-state index < -0.39 is 0 Å². The molecule has 2 N–H and O–H groups in total. The maximum atomic E-state index is 6.20. The molecule has 2 saturated carbocycles. The lowest BCUT2D eigenvalue weighted by atomic mass is 9.70. The highest BCUT2D eigenvalue weighted by Gasteiger charge is 2.41. The SMILES string of the molecule is CC1CCC(CN)(CN2CCC3CCCCC32)CC1. The summed E-state index contributed by atoms with van der Waals surface area (Å²) in [5.74, 6) is 1.95. The quantitative estimate of drug-likeness (QED) is 0.846. The second-order valence-corrected chi connectivity index (χ2v) is 7.76. The van der Waals surface area contributed by atoms with E-state index in [-0.39, 0.29) is 0 Å². The van der Waals surface area contributed by atoms with E-state index in [1.165, 1.54) is 70.9 Å². The van der Waals surface area contributed by atoms with Gasteiger partial charge in [0.05, 0.1) is 0 Å². The van der Waals surface area contributed by atoms with Crippen LogP contribution in [0.25, 0.3) is 0 Å². The fraction of sp³-hybridized carbons (Fsp3) is 1.00. The molecule has 1 saturated heterocycles. The first-order chi connectivity index (χ1) is 9.22. The van der Waals surface area contributed by atoms with Crippen molar-refractivity contribution in [3.8, 4) is 0 Å². The first-order valence-electron chi connectivity index (χ1n) is 8.67. The zero-order chi connectivity index (χ0) is 13.3. The van der Waals surface area contributed by atoms with Crippen molar-refractivity contribution in [2.75, 3.05) is 19.6 Å². The van der Waals surface area contributed by atoms with E-state index in [1.54, 1.807) is 0 Å². The topological polar surface area (TPSA) is 29.3 Å². The van der Waals surface area contributed by atoms with Crippen molar-refractivity contribution in [2.45, 2.75) is 70.8 Å². The van der Waals surface area contributed by atoms with Crippen LogP contribution in [0.4, 0.5) is 0 Å². The zero-order valence-corrected chi connectivity index (χ0v) is 12.7. The van der Waals surface area contributed by atoms with Crippen LogP contribution >= 0.6 is 0 Å². The number of hydrogen-bond acceptors (Lipinski definition) is 2. The van der Waals surface area contributed by atoms with Gasteiger partial charge in [0.2, 0.25) is 0 Å². The van der Waals surface area contributed by atoms with E-state index in [0.717, 1.165) is 24.4 Å². The highest BCUT2D eigenvalue weighted by atomic mass is 15.2. The van der Waals surface area contributed by atoms with Crippen LogP contribution in [0.15, 0.2) is 0 Å². The van der Waals surface area contributed by atoms with Crippen molar-refractivity contribution in [2.24, 2.45) is 23.0 Å². The Morgan fingerprint density at radius 1 is 1.05 bits per heavy atom.